The van der Waals surface area contributed by atoms with Gasteiger partial charge in [-0.05, 0) is 36.5 Å². The maximum atomic E-state index is 4.61. The third-order valence-electron chi connectivity index (χ3n) is 4.39. The van der Waals surface area contributed by atoms with Crippen LogP contribution in [0.3, 0.4) is 0 Å². The molecule has 1 aromatic heterocycles. The summed E-state index contributed by atoms with van der Waals surface area (Å²) in [5.41, 5.74) is 5.96. The molecule has 1 aliphatic carbocycles. The Morgan fingerprint density at radius 2 is 2.05 bits per heavy atom. The van der Waals surface area contributed by atoms with Gasteiger partial charge in [-0.2, -0.15) is 18.8 Å². The number of hydrogen-bond donors (Lipinski definition) is 0. The van der Waals surface area contributed by atoms with E-state index in [1.165, 1.54) is 16.7 Å². The molecular formula is C18H17IrN3-2. The molecule has 0 bridgehead atoms. The largest absolute Gasteiger partial charge is 0.510 e. The van der Waals surface area contributed by atoms with Crippen LogP contribution >= 0.6 is 0 Å². The summed E-state index contributed by atoms with van der Waals surface area (Å²) < 4.78 is 0. The number of nitrogens with zero attached hydrogens (tertiary/aromatic N) is 3. The van der Waals surface area contributed by atoms with Crippen LogP contribution in [0.25, 0.3) is 11.3 Å². The molecule has 0 atom stereocenters. The van der Waals surface area contributed by atoms with Gasteiger partial charge in [-0.1, -0.05) is 19.9 Å². The Labute approximate surface area is 145 Å². The van der Waals surface area contributed by atoms with Gasteiger partial charge < -0.3 is 9.80 Å². The number of fused-ring (bicyclic) bond motifs is 3. The monoisotopic (exact) mass is 468 g/mol. The normalized spacial score (nSPS) is 17.2. The molecule has 2 heterocycles. The van der Waals surface area contributed by atoms with Crippen molar-refractivity contribution in [1.82, 2.24) is 9.88 Å². The molecule has 0 amide bonds. The van der Waals surface area contributed by atoms with Gasteiger partial charge in [-0.15, -0.1) is 22.9 Å². The number of hydrogen-bond acceptors (Lipinski definition) is 3. The Morgan fingerprint density at radius 3 is 2.77 bits per heavy atom. The molecule has 1 aromatic carbocycles. The molecule has 4 rings (SSSR count). The Morgan fingerprint density at radius 1 is 1.23 bits per heavy atom. The van der Waals surface area contributed by atoms with Gasteiger partial charge in [0.1, 0.15) is 0 Å². The minimum Gasteiger partial charge on any atom is -0.510 e. The van der Waals surface area contributed by atoms with Crippen LogP contribution in [0.1, 0.15) is 25.0 Å². The molecular weight excluding hydrogens is 450 g/mol. The van der Waals surface area contributed by atoms with E-state index in [0.717, 1.165) is 11.4 Å². The minimum atomic E-state index is -0.00465. The van der Waals surface area contributed by atoms with Crippen molar-refractivity contribution in [3.8, 4) is 11.3 Å². The summed E-state index contributed by atoms with van der Waals surface area (Å²) in [6, 6.07) is 11.9. The van der Waals surface area contributed by atoms with E-state index in [1.54, 1.807) is 0 Å². The van der Waals surface area contributed by atoms with E-state index in [9.17, 15) is 0 Å². The molecule has 0 N–H and O–H groups in total. The average molecular weight is 468 g/mol. The molecule has 0 spiro atoms. The number of rotatable bonds is 1. The fraction of sp³-hybridized carbons (Fsp3) is 0.222. The number of benzene rings is 1. The molecule has 115 valence electrons. The molecule has 4 heteroatoms. The molecule has 2 aromatic rings. The summed E-state index contributed by atoms with van der Waals surface area (Å²) in [4.78, 5) is 8.71. The van der Waals surface area contributed by atoms with Gasteiger partial charge in [0.2, 0.25) is 0 Å². The first-order valence-electron chi connectivity index (χ1n) is 7.13. The Hall–Kier alpha value is -1.64. The van der Waals surface area contributed by atoms with Crippen molar-refractivity contribution >= 4 is 5.69 Å². The average Bonchev–Trinajstić information content (AvgIpc) is 3.01. The number of aromatic nitrogens is 1. The summed E-state index contributed by atoms with van der Waals surface area (Å²) in [5, 5.41) is 0. The summed E-state index contributed by atoms with van der Waals surface area (Å²) in [6.45, 7) is 6.54. The van der Waals surface area contributed by atoms with Gasteiger partial charge in [0, 0.05) is 32.0 Å². The number of anilines is 1. The predicted molar refractivity (Wildman–Crippen MR) is 84.3 cm³/mol. The van der Waals surface area contributed by atoms with Gasteiger partial charge in [0.05, 0.1) is 0 Å². The van der Waals surface area contributed by atoms with Crippen molar-refractivity contribution in [3.05, 3.63) is 66.7 Å². The van der Waals surface area contributed by atoms with Crippen LogP contribution in [0, 0.1) is 12.7 Å². The quantitative estimate of drug-likeness (QED) is 0.599. The van der Waals surface area contributed by atoms with Crippen molar-refractivity contribution < 1.29 is 20.1 Å². The zero-order valence-corrected chi connectivity index (χ0v) is 15.2. The third-order valence-corrected chi connectivity index (χ3v) is 4.39. The standard InChI is InChI=1S/C18H17N3.Ir/c1-18(2)15-7-6-13(21-10-9-20(3)12-21)11-14(15)17-16(18)5-4-8-19-17;/h4-5,7-12H,1-3H3;/q-2;. The van der Waals surface area contributed by atoms with Crippen molar-refractivity contribution in [2.75, 3.05) is 11.9 Å². The van der Waals surface area contributed by atoms with Crippen LogP contribution in [0.2, 0.25) is 0 Å². The topological polar surface area (TPSA) is 19.4 Å². The fourth-order valence-electron chi connectivity index (χ4n) is 3.20. The molecule has 0 fully saturated rings. The van der Waals surface area contributed by atoms with Crippen LogP contribution < -0.4 is 4.90 Å². The first kappa shape index (κ1) is 15.3. The minimum absolute atomic E-state index is 0. The van der Waals surface area contributed by atoms with Crippen LogP contribution in [-0.4, -0.2) is 16.9 Å². The maximum absolute atomic E-state index is 4.61. The zero-order valence-electron chi connectivity index (χ0n) is 12.8. The smallest absolute Gasteiger partial charge is 0.0495 e. The summed E-state index contributed by atoms with van der Waals surface area (Å²) in [7, 11) is 2.02. The third kappa shape index (κ3) is 2.10. The van der Waals surface area contributed by atoms with Gasteiger partial charge in [-0.25, -0.2) is 0 Å². The van der Waals surface area contributed by atoms with Crippen molar-refractivity contribution in [3.63, 3.8) is 0 Å². The second-order valence-electron chi connectivity index (χ2n) is 6.16. The van der Waals surface area contributed by atoms with E-state index < -0.39 is 0 Å². The molecule has 22 heavy (non-hydrogen) atoms. The molecule has 1 aliphatic heterocycles. The van der Waals surface area contributed by atoms with Crippen LogP contribution in [0.5, 0.6) is 0 Å². The molecule has 0 saturated heterocycles. The second-order valence-corrected chi connectivity index (χ2v) is 6.16. The van der Waals surface area contributed by atoms with Crippen molar-refractivity contribution in [2.24, 2.45) is 0 Å². The van der Waals surface area contributed by atoms with E-state index in [4.69, 9.17) is 0 Å². The van der Waals surface area contributed by atoms with Crippen LogP contribution in [-0.2, 0) is 25.5 Å². The summed E-state index contributed by atoms with van der Waals surface area (Å²) >= 11 is 0. The van der Waals surface area contributed by atoms with Crippen molar-refractivity contribution in [1.29, 1.82) is 0 Å². The van der Waals surface area contributed by atoms with Gasteiger partial charge >= 0.3 is 0 Å². The summed E-state index contributed by atoms with van der Waals surface area (Å²) in [5.74, 6) is 0. The molecule has 1 radical (unpaired) electrons. The van der Waals surface area contributed by atoms with Crippen molar-refractivity contribution in [2.45, 2.75) is 19.3 Å². The van der Waals surface area contributed by atoms with Gasteiger partial charge in [-0.3, -0.25) is 4.98 Å². The maximum Gasteiger partial charge on any atom is 0.0495 e. The zero-order chi connectivity index (χ0) is 14.6. The molecule has 0 saturated carbocycles. The molecule has 0 unspecified atom stereocenters. The second kappa shape index (κ2) is 5.22. The Bertz CT molecular complexity index is 752. The van der Waals surface area contributed by atoms with E-state index in [2.05, 4.69) is 48.0 Å². The fourth-order valence-corrected chi connectivity index (χ4v) is 3.20. The Balaban J connectivity index is 0.00000144. The first-order valence-corrected chi connectivity index (χ1v) is 7.13. The first-order chi connectivity index (χ1) is 10.1. The van der Waals surface area contributed by atoms with Crippen LogP contribution in [0.15, 0.2) is 42.9 Å². The van der Waals surface area contributed by atoms with Crippen LogP contribution in [0.4, 0.5) is 5.69 Å². The Kier molecular flexibility index (Phi) is 3.62. The number of pyridine rings is 1. The van der Waals surface area contributed by atoms with Gasteiger partial charge in [0.15, 0.2) is 0 Å². The molecule has 3 nitrogen and oxygen atoms in total. The van der Waals surface area contributed by atoms with E-state index >= 15 is 0 Å². The predicted octanol–water partition coefficient (Wildman–Crippen LogP) is 3.53. The summed E-state index contributed by atoms with van der Waals surface area (Å²) in [6.07, 6.45) is 5.94. The van der Waals surface area contributed by atoms with E-state index in [0.29, 0.717) is 0 Å². The SMILES string of the molecule is CN1C=CN(c2[c-]cc3c(c2)-c2ncccc2C3(C)C)[CH-]1.[Ir]. The van der Waals surface area contributed by atoms with E-state index in [1.807, 2.05) is 43.3 Å². The van der Waals surface area contributed by atoms with E-state index in [-0.39, 0.29) is 25.5 Å². The molecule has 2 aliphatic rings. The van der Waals surface area contributed by atoms with Gasteiger partial charge in [0.25, 0.3) is 0 Å².